The maximum atomic E-state index is 9.55. The molecule has 0 heterocycles. The summed E-state index contributed by atoms with van der Waals surface area (Å²) in [6.07, 6.45) is 0. The van der Waals surface area contributed by atoms with Gasteiger partial charge in [-0.15, -0.1) is 0 Å². The second kappa shape index (κ2) is 4.14. The number of nitrogen functional groups attached to an aromatic ring is 2. The van der Waals surface area contributed by atoms with Crippen molar-refractivity contribution in [1.82, 2.24) is 0 Å². The summed E-state index contributed by atoms with van der Waals surface area (Å²) < 4.78 is 0. The fourth-order valence-electron chi connectivity index (χ4n) is 2.01. The molecule has 0 saturated carbocycles. The van der Waals surface area contributed by atoms with Crippen LogP contribution in [-0.2, 0) is 0 Å². The number of phenolic OH excluding ortho intramolecular Hbond substituents is 2. The van der Waals surface area contributed by atoms with E-state index in [-0.39, 0.29) is 11.5 Å². The third-order valence-corrected chi connectivity index (χ3v) is 3.27. The molecule has 2 rings (SSSR count). The lowest BCUT2D eigenvalue weighted by Crippen LogP contribution is -1.97. The van der Waals surface area contributed by atoms with Gasteiger partial charge in [0, 0.05) is 0 Å². The molecule has 0 aromatic heterocycles. The summed E-state index contributed by atoms with van der Waals surface area (Å²) in [7, 11) is 0. The highest BCUT2D eigenvalue weighted by Gasteiger charge is 2.12. The van der Waals surface area contributed by atoms with E-state index in [1.54, 1.807) is 24.3 Å². The predicted octanol–water partition coefficient (Wildman–Crippen LogP) is 2.55. The highest BCUT2D eigenvalue weighted by molar-refractivity contribution is 5.81. The molecule has 0 radical (unpaired) electrons. The average molecular weight is 244 g/mol. The van der Waals surface area contributed by atoms with Gasteiger partial charge in [-0.25, -0.2) is 0 Å². The number of phenols is 2. The van der Waals surface area contributed by atoms with Crippen molar-refractivity contribution in [1.29, 1.82) is 0 Å². The molecule has 0 bridgehead atoms. The van der Waals surface area contributed by atoms with Crippen molar-refractivity contribution in [3.63, 3.8) is 0 Å². The monoisotopic (exact) mass is 244 g/mol. The fourth-order valence-corrected chi connectivity index (χ4v) is 2.01. The van der Waals surface area contributed by atoms with Gasteiger partial charge in [-0.05, 0) is 48.2 Å². The van der Waals surface area contributed by atoms with Gasteiger partial charge in [-0.2, -0.15) is 0 Å². The van der Waals surface area contributed by atoms with Crippen molar-refractivity contribution < 1.29 is 10.2 Å². The van der Waals surface area contributed by atoms with Crippen LogP contribution in [0.1, 0.15) is 11.1 Å². The Hall–Kier alpha value is -2.36. The summed E-state index contributed by atoms with van der Waals surface area (Å²) in [5.41, 5.74) is 15.7. The zero-order chi connectivity index (χ0) is 13.4. The van der Waals surface area contributed by atoms with Crippen molar-refractivity contribution >= 4 is 11.4 Å². The van der Waals surface area contributed by atoms with Crippen LogP contribution in [0.4, 0.5) is 11.4 Å². The first-order chi connectivity index (χ1) is 8.43. The van der Waals surface area contributed by atoms with Crippen LogP contribution < -0.4 is 11.5 Å². The highest BCUT2D eigenvalue weighted by Crippen LogP contribution is 2.38. The molecule has 18 heavy (non-hydrogen) atoms. The van der Waals surface area contributed by atoms with Crippen LogP contribution in [0.15, 0.2) is 24.3 Å². The molecule has 2 aromatic carbocycles. The van der Waals surface area contributed by atoms with E-state index in [0.717, 1.165) is 22.3 Å². The Morgan fingerprint density at radius 2 is 1.06 bits per heavy atom. The molecule has 0 fully saturated rings. The number of aromatic hydroxyl groups is 2. The van der Waals surface area contributed by atoms with Gasteiger partial charge in [0.25, 0.3) is 0 Å². The van der Waals surface area contributed by atoms with Gasteiger partial charge < -0.3 is 21.7 Å². The standard InChI is InChI=1S/C14H16N2O2/c1-7-9(3-5-11(17)13(7)15)10-4-6-12(18)14(16)8(10)2/h3-6,17-18H,15-16H2,1-2H3. The number of anilines is 2. The minimum absolute atomic E-state index is 0.0700. The Morgan fingerprint density at radius 1 is 0.722 bits per heavy atom. The topological polar surface area (TPSA) is 92.5 Å². The molecule has 0 aliphatic heterocycles. The lowest BCUT2D eigenvalue weighted by molar-refractivity contribution is 0.477. The van der Waals surface area contributed by atoms with Crippen LogP contribution in [0, 0.1) is 13.8 Å². The molecular weight excluding hydrogens is 228 g/mol. The smallest absolute Gasteiger partial charge is 0.138 e. The normalized spacial score (nSPS) is 10.6. The van der Waals surface area contributed by atoms with Crippen molar-refractivity contribution in [3.8, 4) is 22.6 Å². The van der Waals surface area contributed by atoms with Crippen molar-refractivity contribution in [2.24, 2.45) is 0 Å². The number of hydrogen-bond acceptors (Lipinski definition) is 4. The van der Waals surface area contributed by atoms with Gasteiger partial charge in [0.2, 0.25) is 0 Å². The lowest BCUT2D eigenvalue weighted by Gasteiger charge is -2.14. The molecule has 0 aliphatic rings. The van der Waals surface area contributed by atoms with Crippen LogP contribution >= 0.6 is 0 Å². The van der Waals surface area contributed by atoms with Crippen molar-refractivity contribution in [2.45, 2.75) is 13.8 Å². The van der Waals surface area contributed by atoms with Crippen LogP contribution in [-0.4, -0.2) is 10.2 Å². The van der Waals surface area contributed by atoms with Crippen LogP contribution in [0.2, 0.25) is 0 Å². The Balaban J connectivity index is 2.71. The van der Waals surface area contributed by atoms with Crippen molar-refractivity contribution in [3.05, 3.63) is 35.4 Å². The van der Waals surface area contributed by atoms with Gasteiger partial charge in [0.1, 0.15) is 11.5 Å². The maximum absolute atomic E-state index is 9.55. The SMILES string of the molecule is Cc1c(-c2ccc(O)c(N)c2C)ccc(O)c1N. The predicted molar refractivity (Wildman–Crippen MR) is 73.5 cm³/mol. The Labute approximate surface area is 105 Å². The maximum Gasteiger partial charge on any atom is 0.138 e. The Kier molecular flexibility index (Phi) is 2.79. The number of benzene rings is 2. The summed E-state index contributed by atoms with van der Waals surface area (Å²) in [4.78, 5) is 0. The van der Waals surface area contributed by atoms with Crippen LogP contribution in [0.25, 0.3) is 11.1 Å². The van der Waals surface area contributed by atoms with E-state index in [1.807, 2.05) is 13.8 Å². The van der Waals surface area contributed by atoms with E-state index in [0.29, 0.717) is 11.4 Å². The van der Waals surface area contributed by atoms with Gasteiger partial charge in [-0.1, -0.05) is 12.1 Å². The third kappa shape index (κ3) is 1.72. The molecule has 0 aliphatic carbocycles. The van der Waals surface area contributed by atoms with E-state index in [4.69, 9.17) is 11.5 Å². The largest absolute Gasteiger partial charge is 0.506 e. The molecule has 0 atom stereocenters. The number of nitrogens with two attached hydrogens (primary N) is 2. The second-order valence-corrected chi connectivity index (χ2v) is 4.34. The van der Waals surface area contributed by atoms with Gasteiger partial charge >= 0.3 is 0 Å². The van der Waals surface area contributed by atoms with E-state index < -0.39 is 0 Å². The quantitative estimate of drug-likeness (QED) is 0.458. The van der Waals surface area contributed by atoms with E-state index in [2.05, 4.69) is 0 Å². The summed E-state index contributed by atoms with van der Waals surface area (Å²) in [6, 6.07) is 6.69. The van der Waals surface area contributed by atoms with Gasteiger partial charge in [0.05, 0.1) is 11.4 Å². The molecule has 0 amide bonds. The van der Waals surface area contributed by atoms with Crippen LogP contribution in [0.5, 0.6) is 11.5 Å². The number of hydrogen-bond donors (Lipinski definition) is 4. The molecule has 4 nitrogen and oxygen atoms in total. The molecule has 0 unspecified atom stereocenters. The summed E-state index contributed by atoms with van der Waals surface area (Å²) in [6.45, 7) is 3.68. The lowest BCUT2D eigenvalue weighted by atomic mass is 9.94. The third-order valence-electron chi connectivity index (χ3n) is 3.27. The summed E-state index contributed by atoms with van der Waals surface area (Å²) in [5, 5.41) is 19.1. The van der Waals surface area contributed by atoms with Gasteiger partial charge in [-0.3, -0.25) is 0 Å². The first kappa shape index (κ1) is 12.1. The highest BCUT2D eigenvalue weighted by atomic mass is 16.3. The van der Waals surface area contributed by atoms with Gasteiger partial charge in [0.15, 0.2) is 0 Å². The van der Waals surface area contributed by atoms with E-state index in [9.17, 15) is 10.2 Å². The molecule has 0 saturated heterocycles. The van der Waals surface area contributed by atoms with E-state index in [1.165, 1.54) is 0 Å². The molecule has 2 aromatic rings. The second-order valence-electron chi connectivity index (χ2n) is 4.34. The summed E-state index contributed by atoms with van der Waals surface area (Å²) >= 11 is 0. The van der Waals surface area contributed by atoms with E-state index >= 15 is 0 Å². The fraction of sp³-hybridized carbons (Fsp3) is 0.143. The molecular formula is C14H16N2O2. The number of rotatable bonds is 1. The molecule has 4 heteroatoms. The average Bonchev–Trinajstić information content (AvgIpc) is 2.35. The summed E-state index contributed by atoms with van der Waals surface area (Å²) in [5.74, 6) is 0.140. The Morgan fingerprint density at radius 3 is 1.39 bits per heavy atom. The van der Waals surface area contributed by atoms with Crippen molar-refractivity contribution in [2.75, 3.05) is 11.5 Å². The molecule has 0 spiro atoms. The zero-order valence-electron chi connectivity index (χ0n) is 10.4. The molecule has 6 N–H and O–H groups in total. The zero-order valence-corrected chi connectivity index (χ0v) is 10.4. The van der Waals surface area contributed by atoms with Crippen LogP contribution in [0.3, 0.4) is 0 Å². The minimum atomic E-state index is 0.0700. The molecule has 94 valence electrons. The Bertz CT molecular complexity index is 566. The minimum Gasteiger partial charge on any atom is -0.506 e. The first-order valence-corrected chi connectivity index (χ1v) is 5.60. The first-order valence-electron chi connectivity index (χ1n) is 5.60.